The zero-order chi connectivity index (χ0) is 16.5. The fourth-order valence-corrected chi connectivity index (χ4v) is 3.66. The van der Waals surface area contributed by atoms with E-state index in [1.165, 1.54) is 18.0 Å². The molecule has 124 valence electrons. The third-order valence-corrected chi connectivity index (χ3v) is 4.84. The zero-order valence-electron chi connectivity index (χ0n) is 13.2. The summed E-state index contributed by atoms with van der Waals surface area (Å²) in [6.45, 7) is 2.89. The van der Waals surface area contributed by atoms with Crippen LogP contribution >= 0.6 is 0 Å². The summed E-state index contributed by atoms with van der Waals surface area (Å²) in [4.78, 5) is 24.6. The Balaban J connectivity index is 1.42. The van der Waals surface area contributed by atoms with E-state index in [1.807, 2.05) is 6.07 Å². The Hall–Kier alpha value is -2.51. The lowest BCUT2D eigenvalue weighted by Crippen LogP contribution is -2.46. The average Bonchev–Trinajstić information content (AvgIpc) is 3.22. The molecule has 0 spiro atoms. The van der Waals surface area contributed by atoms with Crippen LogP contribution in [0.2, 0.25) is 0 Å². The van der Waals surface area contributed by atoms with Gasteiger partial charge in [0.05, 0.1) is 5.56 Å². The number of hydrogen-bond acceptors (Lipinski definition) is 6. The number of hydroxylamine groups is 1. The van der Waals surface area contributed by atoms with Gasteiger partial charge in [-0.3, -0.25) is 14.9 Å². The molecule has 2 fully saturated rings. The van der Waals surface area contributed by atoms with Crippen molar-refractivity contribution in [3.05, 3.63) is 53.9 Å². The van der Waals surface area contributed by atoms with Gasteiger partial charge in [0.25, 0.3) is 5.91 Å². The molecule has 3 heterocycles. The highest BCUT2D eigenvalue weighted by molar-refractivity contribution is 5.92. The van der Waals surface area contributed by atoms with Crippen molar-refractivity contribution < 1.29 is 10.0 Å². The summed E-state index contributed by atoms with van der Waals surface area (Å²) in [7, 11) is 0. The number of rotatable bonds is 4. The smallest absolute Gasteiger partial charge is 0.277 e. The molecule has 4 rings (SSSR count). The Bertz CT molecular complexity index is 722. The normalized spacial score (nSPS) is 22.8. The largest absolute Gasteiger partial charge is 0.335 e. The summed E-state index contributed by atoms with van der Waals surface area (Å²) in [5.41, 5.74) is 3.17. The summed E-state index contributed by atoms with van der Waals surface area (Å²) in [6, 6.07) is 11.5. The van der Waals surface area contributed by atoms with Gasteiger partial charge in [-0.1, -0.05) is 30.3 Å². The van der Waals surface area contributed by atoms with E-state index in [9.17, 15) is 4.79 Å². The fraction of sp³-hybridized carbons (Fsp3) is 0.353. The second-order valence-electron chi connectivity index (χ2n) is 6.32. The molecule has 2 aromatic rings. The number of fused-ring (bicyclic) bond motifs is 2. The number of nitrogens with one attached hydrogen (secondary N) is 1. The van der Waals surface area contributed by atoms with Gasteiger partial charge in [-0.2, -0.15) is 0 Å². The van der Waals surface area contributed by atoms with Crippen molar-refractivity contribution in [2.45, 2.75) is 25.0 Å². The predicted octanol–water partition coefficient (Wildman–Crippen LogP) is 1.06. The first-order valence-electron chi connectivity index (χ1n) is 8.05. The molecule has 0 unspecified atom stereocenters. The van der Waals surface area contributed by atoms with Gasteiger partial charge in [-0.05, 0) is 12.0 Å². The quantitative estimate of drug-likeness (QED) is 0.646. The van der Waals surface area contributed by atoms with Gasteiger partial charge in [0.1, 0.15) is 0 Å². The highest BCUT2D eigenvalue weighted by Gasteiger charge is 2.44. The second kappa shape index (κ2) is 6.18. The van der Waals surface area contributed by atoms with Crippen LogP contribution in [0, 0.1) is 0 Å². The highest BCUT2D eigenvalue weighted by Crippen LogP contribution is 2.33. The van der Waals surface area contributed by atoms with Crippen molar-refractivity contribution in [3.63, 3.8) is 0 Å². The van der Waals surface area contributed by atoms with Crippen LogP contribution in [0.5, 0.6) is 0 Å². The Labute approximate surface area is 139 Å². The first-order valence-corrected chi connectivity index (χ1v) is 8.05. The number of anilines is 1. The molecule has 2 aliphatic rings. The second-order valence-corrected chi connectivity index (χ2v) is 6.32. The molecule has 1 aromatic carbocycles. The van der Waals surface area contributed by atoms with E-state index in [1.54, 1.807) is 5.48 Å². The summed E-state index contributed by atoms with van der Waals surface area (Å²) in [5, 5.41) is 8.63. The summed E-state index contributed by atoms with van der Waals surface area (Å²) in [6.07, 6.45) is 4.01. The van der Waals surface area contributed by atoms with Crippen molar-refractivity contribution in [1.82, 2.24) is 20.3 Å². The van der Waals surface area contributed by atoms with Crippen LogP contribution in [0.25, 0.3) is 0 Å². The van der Waals surface area contributed by atoms with Crippen LogP contribution in [-0.4, -0.2) is 51.2 Å². The van der Waals surface area contributed by atoms with E-state index < -0.39 is 5.91 Å². The Kier molecular flexibility index (Phi) is 3.87. The van der Waals surface area contributed by atoms with Gasteiger partial charge in [0.2, 0.25) is 5.95 Å². The van der Waals surface area contributed by atoms with Crippen molar-refractivity contribution in [2.75, 3.05) is 18.0 Å². The maximum absolute atomic E-state index is 11.3. The lowest BCUT2D eigenvalue weighted by atomic mass is 10.2. The molecule has 1 amide bonds. The van der Waals surface area contributed by atoms with Gasteiger partial charge in [0, 0.05) is 44.1 Å². The summed E-state index contributed by atoms with van der Waals surface area (Å²) >= 11 is 0. The minimum absolute atomic E-state index is 0.247. The van der Waals surface area contributed by atoms with Crippen LogP contribution in [0.4, 0.5) is 5.95 Å². The Morgan fingerprint density at radius 3 is 2.54 bits per heavy atom. The fourth-order valence-electron chi connectivity index (χ4n) is 3.66. The third kappa shape index (κ3) is 2.72. The zero-order valence-corrected chi connectivity index (χ0v) is 13.2. The van der Waals surface area contributed by atoms with Crippen molar-refractivity contribution >= 4 is 11.9 Å². The number of amides is 1. The van der Waals surface area contributed by atoms with Crippen molar-refractivity contribution in [2.24, 2.45) is 0 Å². The van der Waals surface area contributed by atoms with Crippen molar-refractivity contribution in [3.8, 4) is 0 Å². The molecule has 2 saturated heterocycles. The first-order chi connectivity index (χ1) is 11.7. The van der Waals surface area contributed by atoms with Gasteiger partial charge in [0.15, 0.2) is 0 Å². The molecule has 1 aromatic heterocycles. The first kappa shape index (κ1) is 15.0. The minimum atomic E-state index is -0.599. The van der Waals surface area contributed by atoms with E-state index >= 15 is 0 Å². The number of carbonyl (C=O) groups excluding carboxylic acids is 1. The number of piperazine rings is 1. The molecule has 0 radical (unpaired) electrons. The van der Waals surface area contributed by atoms with Crippen LogP contribution < -0.4 is 10.4 Å². The van der Waals surface area contributed by atoms with Gasteiger partial charge < -0.3 is 4.90 Å². The van der Waals surface area contributed by atoms with Crippen LogP contribution in [-0.2, 0) is 6.54 Å². The molecule has 0 saturated carbocycles. The monoisotopic (exact) mass is 325 g/mol. The number of likely N-dealkylation sites (tertiary alicyclic amines) is 1. The van der Waals surface area contributed by atoms with Gasteiger partial charge in [-0.25, -0.2) is 15.4 Å². The Morgan fingerprint density at radius 2 is 1.92 bits per heavy atom. The standard InChI is InChI=1S/C17H19N5O2/c23-16(20-24)13-7-18-17(19-8-13)22-11-14-6-15(22)10-21(14)9-12-4-2-1-3-5-12/h1-5,7-8,14-15,24H,6,9-11H2,(H,20,23)/t14-,15-/m1/s1. The maximum atomic E-state index is 11.3. The van der Waals surface area contributed by atoms with Crippen LogP contribution in [0.15, 0.2) is 42.7 Å². The average molecular weight is 325 g/mol. The van der Waals surface area contributed by atoms with Crippen LogP contribution in [0.1, 0.15) is 22.3 Å². The van der Waals surface area contributed by atoms with E-state index in [0.717, 1.165) is 26.1 Å². The van der Waals surface area contributed by atoms with Gasteiger partial charge >= 0.3 is 0 Å². The number of hydrogen-bond donors (Lipinski definition) is 2. The molecule has 24 heavy (non-hydrogen) atoms. The molecular weight excluding hydrogens is 306 g/mol. The topological polar surface area (TPSA) is 81.6 Å². The minimum Gasteiger partial charge on any atom is -0.335 e. The highest BCUT2D eigenvalue weighted by atomic mass is 16.5. The number of carbonyl (C=O) groups is 1. The third-order valence-electron chi connectivity index (χ3n) is 4.84. The lowest BCUT2D eigenvalue weighted by molar-refractivity contribution is 0.0705. The SMILES string of the molecule is O=C(NO)c1cnc(N2C[C@H]3C[C@@H]2CN3Cc2ccccc2)nc1. The maximum Gasteiger partial charge on any atom is 0.277 e. The van der Waals surface area contributed by atoms with E-state index in [-0.39, 0.29) is 5.56 Å². The molecule has 2 bridgehead atoms. The Morgan fingerprint density at radius 1 is 1.17 bits per heavy atom. The van der Waals surface area contributed by atoms with Crippen molar-refractivity contribution in [1.29, 1.82) is 0 Å². The lowest BCUT2D eigenvalue weighted by Gasteiger charge is -2.34. The molecular formula is C17H19N5O2. The van der Waals surface area contributed by atoms with E-state index in [4.69, 9.17) is 5.21 Å². The summed E-state index contributed by atoms with van der Waals surface area (Å²) in [5.74, 6) is 0.0508. The molecule has 2 aliphatic heterocycles. The molecule has 7 nitrogen and oxygen atoms in total. The molecule has 2 N–H and O–H groups in total. The molecule has 0 aliphatic carbocycles. The molecule has 2 atom stereocenters. The summed E-state index contributed by atoms with van der Waals surface area (Å²) < 4.78 is 0. The van der Waals surface area contributed by atoms with Gasteiger partial charge in [-0.15, -0.1) is 0 Å². The number of aromatic nitrogens is 2. The van der Waals surface area contributed by atoms with E-state index in [0.29, 0.717) is 18.0 Å². The number of benzene rings is 1. The number of nitrogens with zero attached hydrogens (tertiary/aromatic N) is 4. The predicted molar refractivity (Wildman–Crippen MR) is 87.7 cm³/mol. The van der Waals surface area contributed by atoms with E-state index in [2.05, 4.69) is 44.0 Å². The molecule has 7 heteroatoms. The van der Waals surface area contributed by atoms with Crippen LogP contribution in [0.3, 0.4) is 0 Å².